The number of hydrogen-bond donors (Lipinski definition) is 0. The zero-order valence-electron chi connectivity index (χ0n) is 14.1. The molecule has 5 atom stereocenters. The summed E-state index contributed by atoms with van der Waals surface area (Å²) in [6, 6.07) is 1.90. The molecule has 3 fully saturated rings. The van der Waals surface area contributed by atoms with E-state index in [9.17, 15) is 0 Å². The van der Waals surface area contributed by atoms with Crippen LogP contribution < -0.4 is 0 Å². The molecule has 4 heterocycles. The van der Waals surface area contributed by atoms with E-state index in [1.807, 2.05) is 40.7 Å². The van der Waals surface area contributed by atoms with Crippen molar-refractivity contribution in [2.45, 2.75) is 83.3 Å². The molecule has 3 aliphatic heterocycles. The SMILES string of the molecule is Cc1cc(C[C@H]2O[C@@H]3OC(C)(C)O[C@@H]3[C@H]3OC(C)(C)O[C@H]32)on1. The Hall–Kier alpha value is -0.990. The fraction of sp³-hybridized carbons (Fsp3) is 0.812. The second-order valence-corrected chi connectivity index (χ2v) is 7.35. The average Bonchev–Trinajstić information content (AvgIpc) is 3.04. The van der Waals surface area contributed by atoms with Crippen molar-refractivity contribution in [3.05, 3.63) is 17.5 Å². The van der Waals surface area contributed by atoms with Gasteiger partial charge in [-0.15, -0.1) is 0 Å². The monoisotopic (exact) mass is 325 g/mol. The lowest BCUT2D eigenvalue weighted by atomic mass is 9.96. The van der Waals surface area contributed by atoms with Crippen molar-refractivity contribution in [1.29, 1.82) is 0 Å². The molecule has 1 aromatic rings. The van der Waals surface area contributed by atoms with Crippen LogP contribution in [0.3, 0.4) is 0 Å². The molecule has 23 heavy (non-hydrogen) atoms. The summed E-state index contributed by atoms with van der Waals surface area (Å²) in [6.07, 6.45) is -0.946. The van der Waals surface area contributed by atoms with E-state index in [1.165, 1.54) is 0 Å². The summed E-state index contributed by atoms with van der Waals surface area (Å²) in [4.78, 5) is 0. The Kier molecular flexibility index (Phi) is 3.38. The first-order chi connectivity index (χ1) is 10.7. The number of rotatable bonds is 2. The predicted octanol–water partition coefficient (Wildman–Crippen LogP) is 1.92. The third kappa shape index (κ3) is 2.81. The number of hydrogen-bond acceptors (Lipinski definition) is 7. The molecular formula is C16H23NO6. The first-order valence-corrected chi connectivity index (χ1v) is 8.01. The van der Waals surface area contributed by atoms with Crippen LogP contribution in [0.5, 0.6) is 0 Å². The van der Waals surface area contributed by atoms with Crippen molar-refractivity contribution in [2.24, 2.45) is 0 Å². The van der Waals surface area contributed by atoms with E-state index in [0.29, 0.717) is 6.42 Å². The summed E-state index contributed by atoms with van der Waals surface area (Å²) in [7, 11) is 0. The quantitative estimate of drug-likeness (QED) is 0.822. The van der Waals surface area contributed by atoms with Gasteiger partial charge in [0.15, 0.2) is 17.9 Å². The first kappa shape index (κ1) is 15.5. The van der Waals surface area contributed by atoms with Gasteiger partial charge in [-0.1, -0.05) is 5.16 Å². The summed E-state index contributed by atoms with van der Waals surface area (Å²) in [5.41, 5.74) is 0.843. The van der Waals surface area contributed by atoms with E-state index < -0.39 is 17.9 Å². The summed E-state index contributed by atoms with van der Waals surface area (Å²) in [5.74, 6) is -0.622. The molecule has 3 aliphatic rings. The Morgan fingerprint density at radius 3 is 2.30 bits per heavy atom. The fourth-order valence-electron chi connectivity index (χ4n) is 3.57. The zero-order chi connectivity index (χ0) is 16.4. The molecule has 4 rings (SSSR count). The minimum atomic E-state index is -0.701. The van der Waals surface area contributed by atoms with Gasteiger partial charge in [0, 0.05) is 12.5 Å². The van der Waals surface area contributed by atoms with Crippen LogP contribution in [0.25, 0.3) is 0 Å². The van der Waals surface area contributed by atoms with E-state index in [1.54, 1.807) is 0 Å². The zero-order valence-corrected chi connectivity index (χ0v) is 14.1. The number of ether oxygens (including phenoxy) is 5. The molecule has 0 spiro atoms. The van der Waals surface area contributed by atoms with E-state index in [4.69, 9.17) is 28.2 Å². The third-order valence-electron chi connectivity index (χ3n) is 4.33. The van der Waals surface area contributed by atoms with Gasteiger partial charge in [0.05, 0.1) is 11.8 Å². The molecule has 3 saturated heterocycles. The maximum Gasteiger partial charge on any atom is 0.190 e. The Labute approximate surface area is 135 Å². The van der Waals surface area contributed by atoms with Crippen LogP contribution in [0, 0.1) is 6.92 Å². The van der Waals surface area contributed by atoms with Crippen molar-refractivity contribution in [3.63, 3.8) is 0 Å². The van der Waals surface area contributed by atoms with Gasteiger partial charge in [-0.2, -0.15) is 0 Å². The number of nitrogens with zero attached hydrogens (tertiary/aromatic N) is 1. The van der Waals surface area contributed by atoms with Crippen molar-refractivity contribution >= 4 is 0 Å². The van der Waals surface area contributed by atoms with Crippen LogP contribution in [0.4, 0.5) is 0 Å². The molecule has 7 heteroatoms. The predicted molar refractivity (Wildman–Crippen MR) is 77.5 cm³/mol. The third-order valence-corrected chi connectivity index (χ3v) is 4.33. The summed E-state index contributed by atoms with van der Waals surface area (Å²) >= 11 is 0. The Morgan fingerprint density at radius 1 is 0.957 bits per heavy atom. The maximum absolute atomic E-state index is 6.13. The molecule has 7 nitrogen and oxygen atoms in total. The minimum Gasteiger partial charge on any atom is -0.361 e. The van der Waals surface area contributed by atoms with Crippen LogP contribution in [0.2, 0.25) is 0 Å². The molecule has 0 N–H and O–H groups in total. The van der Waals surface area contributed by atoms with Gasteiger partial charge in [-0.05, 0) is 34.6 Å². The standard InChI is InChI=1S/C16H23NO6/c1-8-6-9(23-17-8)7-10-11-12(20-15(2,3)19-11)13-14(18-10)22-16(4,5)21-13/h6,10-14H,7H2,1-5H3/t10-,11+,12+,13-,14-/m1/s1. The van der Waals surface area contributed by atoms with Gasteiger partial charge in [-0.3, -0.25) is 0 Å². The van der Waals surface area contributed by atoms with E-state index in [0.717, 1.165) is 11.5 Å². The van der Waals surface area contributed by atoms with Gasteiger partial charge in [0.2, 0.25) is 0 Å². The Bertz CT molecular complexity index is 597. The molecule has 0 amide bonds. The van der Waals surface area contributed by atoms with Gasteiger partial charge in [0.1, 0.15) is 24.1 Å². The molecule has 128 valence electrons. The molecule has 0 bridgehead atoms. The fourth-order valence-corrected chi connectivity index (χ4v) is 3.57. The van der Waals surface area contributed by atoms with Crippen LogP contribution >= 0.6 is 0 Å². The Morgan fingerprint density at radius 2 is 1.61 bits per heavy atom. The van der Waals surface area contributed by atoms with Gasteiger partial charge < -0.3 is 28.2 Å². The van der Waals surface area contributed by atoms with Crippen molar-refractivity contribution in [3.8, 4) is 0 Å². The van der Waals surface area contributed by atoms with Crippen molar-refractivity contribution in [2.75, 3.05) is 0 Å². The molecule has 0 aliphatic carbocycles. The number of aromatic nitrogens is 1. The highest BCUT2D eigenvalue weighted by molar-refractivity contribution is 5.08. The minimum absolute atomic E-state index is 0.237. The summed E-state index contributed by atoms with van der Waals surface area (Å²) < 4.78 is 35.5. The largest absolute Gasteiger partial charge is 0.361 e. The van der Waals surface area contributed by atoms with Crippen LogP contribution in [-0.2, 0) is 30.1 Å². The number of aryl methyl sites for hydroxylation is 1. The highest BCUT2D eigenvalue weighted by atomic mass is 16.9. The molecule has 0 aromatic carbocycles. The summed E-state index contributed by atoms with van der Waals surface area (Å²) in [5, 5.41) is 3.93. The Balaban J connectivity index is 1.60. The van der Waals surface area contributed by atoms with E-state index >= 15 is 0 Å². The van der Waals surface area contributed by atoms with Gasteiger partial charge >= 0.3 is 0 Å². The molecule has 1 aromatic heterocycles. The first-order valence-electron chi connectivity index (χ1n) is 8.01. The molecule has 0 saturated carbocycles. The normalized spacial score (nSPS) is 40.8. The number of fused-ring (bicyclic) bond motifs is 3. The van der Waals surface area contributed by atoms with Gasteiger partial charge in [0.25, 0.3) is 0 Å². The van der Waals surface area contributed by atoms with Gasteiger partial charge in [-0.25, -0.2) is 0 Å². The highest BCUT2D eigenvalue weighted by Crippen LogP contribution is 2.44. The van der Waals surface area contributed by atoms with E-state index in [2.05, 4.69) is 5.16 Å². The average molecular weight is 325 g/mol. The van der Waals surface area contributed by atoms with E-state index in [-0.39, 0.29) is 24.4 Å². The van der Waals surface area contributed by atoms with Crippen molar-refractivity contribution < 1.29 is 28.2 Å². The smallest absolute Gasteiger partial charge is 0.190 e. The highest BCUT2D eigenvalue weighted by Gasteiger charge is 2.60. The van der Waals surface area contributed by atoms with Crippen LogP contribution in [0.1, 0.15) is 39.1 Å². The van der Waals surface area contributed by atoms with Crippen LogP contribution in [0.15, 0.2) is 10.6 Å². The molecule has 0 unspecified atom stereocenters. The topological polar surface area (TPSA) is 72.2 Å². The molecular weight excluding hydrogens is 302 g/mol. The molecule has 0 radical (unpaired) electrons. The second-order valence-electron chi connectivity index (χ2n) is 7.35. The lowest BCUT2D eigenvalue weighted by Crippen LogP contribution is -2.55. The lowest BCUT2D eigenvalue weighted by molar-refractivity contribution is -0.233. The maximum atomic E-state index is 6.13. The van der Waals surface area contributed by atoms with Crippen molar-refractivity contribution in [1.82, 2.24) is 5.16 Å². The van der Waals surface area contributed by atoms with Crippen LogP contribution in [-0.4, -0.2) is 47.4 Å². The lowest BCUT2D eigenvalue weighted by Gasteiger charge is -2.36. The summed E-state index contributed by atoms with van der Waals surface area (Å²) in [6.45, 7) is 9.44. The second kappa shape index (κ2) is 5.00.